The number of aryl methyl sites for hydroxylation is 1. The minimum Gasteiger partial charge on any atom is -0.467 e. The first-order valence-electron chi connectivity index (χ1n) is 11.9. The number of carbonyl (C=O) groups excluding carboxylic acids is 2. The highest BCUT2D eigenvalue weighted by Crippen LogP contribution is 2.32. The van der Waals surface area contributed by atoms with Crippen LogP contribution in [0.1, 0.15) is 28.5 Å². The number of anilines is 1. The minimum absolute atomic E-state index is 0.0963. The van der Waals surface area contributed by atoms with Crippen LogP contribution < -0.4 is 10.2 Å². The number of hydrogen-bond acceptors (Lipinski definition) is 6. The Morgan fingerprint density at radius 2 is 1.81 bits per heavy atom. The molecule has 5 aromatic rings. The fourth-order valence-electron chi connectivity index (χ4n) is 4.30. The second kappa shape index (κ2) is 10.4. The number of pyridine rings is 1. The lowest BCUT2D eigenvalue weighted by Crippen LogP contribution is -2.45. The van der Waals surface area contributed by atoms with Crippen molar-refractivity contribution in [3.63, 3.8) is 0 Å². The SMILES string of the molecule is Cc1cccc(N(C(=O)Cn2nnc3ccccc32)[C@@H](C(=O)NCc2ccco2)c2ccncc2)c1C. The van der Waals surface area contributed by atoms with E-state index in [0.29, 0.717) is 22.5 Å². The molecule has 3 aromatic heterocycles. The summed E-state index contributed by atoms with van der Waals surface area (Å²) in [5.41, 5.74) is 4.60. The molecule has 0 saturated carbocycles. The number of hydrogen-bond donors (Lipinski definition) is 1. The number of amides is 2. The molecule has 0 radical (unpaired) electrons. The first-order chi connectivity index (χ1) is 18.0. The summed E-state index contributed by atoms with van der Waals surface area (Å²) in [6.45, 7) is 4.02. The second-order valence-corrected chi connectivity index (χ2v) is 8.70. The predicted molar refractivity (Wildman–Crippen MR) is 138 cm³/mol. The number of rotatable bonds is 8. The number of nitrogens with one attached hydrogen (secondary N) is 1. The van der Waals surface area contributed by atoms with Gasteiger partial charge in [0.1, 0.15) is 23.9 Å². The van der Waals surface area contributed by atoms with Gasteiger partial charge in [0.05, 0.1) is 18.3 Å². The van der Waals surface area contributed by atoms with Gasteiger partial charge in [0.15, 0.2) is 0 Å². The number of carbonyl (C=O) groups is 2. The molecule has 0 aliphatic rings. The number of benzene rings is 2. The summed E-state index contributed by atoms with van der Waals surface area (Å²) in [6, 6.07) is 19.2. The van der Waals surface area contributed by atoms with Crippen LogP contribution in [0.3, 0.4) is 0 Å². The summed E-state index contributed by atoms with van der Waals surface area (Å²) in [5, 5.41) is 11.3. The van der Waals surface area contributed by atoms with E-state index in [0.717, 1.165) is 16.6 Å². The molecule has 5 rings (SSSR count). The van der Waals surface area contributed by atoms with E-state index in [1.54, 1.807) is 52.5 Å². The largest absolute Gasteiger partial charge is 0.467 e. The van der Waals surface area contributed by atoms with Crippen molar-refractivity contribution in [2.24, 2.45) is 0 Å². The fraction of sp³-hybridized carbons (Fsp3) is 0.179. The molecule has 37 heavy (non-hydrogen) atoms. The van der Waals surface area contributed by atoms with Crippen molar-refractivity contribution in [3.05, 3.63) is 108 Å². The standard InChI is InChI=1S/C28H26N6O3/c1-19-7-5-11-24(20(19)2)34(26(35)18-33-25-10-4-3-9-23(25)31-32-33)27(21-12-14-29-15-13-21)28(36)30-17-22-8-6-16-37-22/h3-16,27H,17-18H2,1-2H3,(H,30,36)/t27-/m1/s1. The van der Waals surface area contributed by atoms with Gasteiger partial charge < -0.3 is 9.73 Å². The van der Waals surface area contributed by atoms with Crippen LogP contribution in [-0.2, 0) is 22.7 Å². The topological polar surface area (TPSA) is 106 Å². The molecule has 0 bridgehead atoms. The van der Waals surface area contributed by atoms with Crippen molar-refractivity contribution in [3.8, 4) is 0 Å². The Bertz CT molecular complexity index is 1530. The van der Waals surface area contributed by atoms with Crippen molar-refractivity contribution in [2.45, 2.75) is 33.0 Å². The van der Waals surface area contributed by atoms with Crippen molar-refractivity contribution in [1.29, 1.82) is 0 Å². The number of aromatic nitrogens is 4. The van der Waals surface area contributed by atoms with Crippen LogP contribution >= 0.6 is 0 Å². The van der Waals surface area contributed by atoms with Crippen LogP contribution in [0.5, 0.6) is 0 Å². The Balaban J connectivity index is 1.58. The molecular formula is C28H26N6O3. The molecule has 9 heteroatoms. The van der Waals surface area contributed by atoms with Gasteiger partial charge in [0.2, 0.25) is 11.8 Å². The van der Waals surface area contributed by atoms with E-state index in [-0.39, 0.29) is 24.9 Å². The summed E-state index contributed by atoms with van der Waals surface area (Å²) in [7, 11) is 0. The summed E-state index contributed by atoms with van der Waals surface area (Å²) in [5.74, 6) is -0.0415. The van der Waals surface area contributed by atoms with Crippen LogP contribution in [0, 0.1) is 13.8 Å². The lowest BCUT2D eigenvalue weighted by Gasteiger charge is -2.33. The Hall–Kier alpha value is -4.79. The van der Waals surface area contributed by atoms with Crippen molar-refractivity contribution < 1.29 is 14.0 Å². The summed E-state index contributed by atoms with van der Waals surface area (Å²) < 4.78 is 6.94. The van der Waals surface area contributed by atoms with E-state index in [9.17, 15) is 9.59 Å². The van der Waals surface area contributed by atoms with Gasteiger partial charge in [-0.1, -0.05) is 29.5 Å². The molecule has 2 aromatic carbocycles. The molecule has 0 unspecified atom stereocenters. The van der Waals surface area contributed by atoms with E-state index >= 15 is 0 Å². The highest BCUT2D eigenvalue weighted by atomic mass is 16.3. The van der Waals surface area contributed by atoms with E-state index < -0.39 is 6.04 Å². The van der Waals surface area contributed by atoms with Gasteiger partial charge in [-0.2, -0.15) is 0 Å². The zero-order chi connectivity index (χ0) is 25.8. The van der Waals surface area contributed by atoms with Crippen LogP contribution in [0.4, 0.5) is 5.69 Å². The third kappa shape index (κ3) is 4.97. The Morgan fingerprint density at radius 3 is 2.59 bits per heavy atom. The Morgan fingerprint density at radius 1 is 1.00 bits per heavy atom. The molecule has 0 saturated heterocycles. The van der Waals surface area contributed by atoms with Crippen LogP contribution in [0.2, 0.25) is 0 Å². The molecule has 0 fully saturated rings. The third-order valence-corrected chi connectivity index (χ3v) is 6.35. The first-order valence-corrected chi connectivity index (χ1v) is 11.9. The van der Waals surface area contributed by atoms with Gasteiger partial charge in [0.25, 0.3) is 0 Å². The lowest BCUT2D eigenvalue weighted by atomic mass is 10.0. The number of fused-ring (bicyclic) bond motifs is 1. The monoisotopic (exact) mass is 494 g/mol. The zero-order valence-corrected chi connectivity index (χ0v) is 20.5. The lowest BCUT2D eigenvalue weighted by molar-refractivity contribution is -0.127. The molecular weight excluding hydrogens is 468 g/mol. The smallest absolute Gasteiger partial charge is 0.249 e. The number of furan rings is 1. The summed E-state index contributed by atoms with van der Waals surface area (Å²) in [6.07, 6.45) is 4.77. The molecule has 0 spiro atoms. The predicted octanol–water partition coefficient (Wildman–Crippen LogP) is 4.13. The molecule has 3 heterocycles. The molecule has 0 aliphatic carbocycles. The number of para-hydroxylation sites is 1. The maximum atomic E-state index is 14.1. The normalized spacial score (nSPS) is 11.8. The molecule has 1 N–H and O–H groups in total. The number of nitrogens with zero attached hydrogens (tertiary/aromatic N) is 5. The minimum atomic E-state index is -0.958. The van der Waals surface area contributed by atoms with Crippen molar-refractivity contribution >= 4 is 28.5 Å². The summed E-state index contributed by atoms with van der Waals surface area (Å²) >= 11 is 0. The van der Waals surface area contributed by atoms with Crippen molar-refractivity contribution in [2.75, 3.05) is 4.90 Å². The molecule has 9 nitrogen and oxygen atoms in total. The molecule has 2 amide bonds. The highest BCUT2D eigenvalue weighted by Gasteiger charge is 2.34. The van der Waals surface area contributed by atoms with Gasteiger partial charge in [-0.25, -0.2) is 4.68 Å². The first kappa shape index (κ1) is 23.9. The maximum absolute atomic E-state index is 14.1. The quantitative estimate of drug-likeness (QED) is 0.348. The van der Waals surface area contributed by atoms with Crippen LogP contribution in [-0.4, -0.2) is 31.8 Å². The van der Waals surface area contributed by atoms with Gasteiger partial charge >= 0.3 is 0 Å². The van der Waals surface area contributed by atoms with Gasteiger partial charge in [-0.3, -0.25) is 19.5 Å². The van der Waals surface area contributed by atoms with E-state index in [1.807, 2.05) is 56.3 Å². The van der Waals surface area contributed by atoms with Gasteiger partial charge in [-0.15, -0.1) is 5.10 Å². The maximum Gasteiger partial charge on any atom is 0.249 e. The highest BCUT2D eigenvalue weighted by molar-refractivity contribution is 6.02. The van der Waals surface area contributed by atoms with Gasteiger partial charge in [-0.05, 0) is 73.0 Å². The average molecular weight is 495 g/mol. The average Bonchev–Trinajstić information content (AvgIpc) is 3.59. The van der Waals surface area contributed by atoms with Crippen LogP contribution in [0.25, 0.3) is 11.0 Å². The van der Waals surface area contributed by atoms with E-state index in [4.69, 9.17) is 4.42 Å². The van der Waals surface area contributed by atoms with Crippen molar-refractivity contribution in [1.82, 2.24) is 25.3 Å². The Labute approximate surface area is 213 Å². The molecule has 1 atom stereocenters. The molecule has 0 aliphatic heterocycles. The Kier molecular flexibility index (Phi) is 6.76. The summed E-state index contributed by atoms with van der Waals surface area (Å²) in [4.78, 5) is 33.5. The van der Waals surface area contributed by atoms with E-state index in [2.05, 4.69) is 20.6 Å². The van der Waals surface area contributed by atoms with E-state index in [1.165, 1.54) is 0 Å². The van der Waals surface area contributed by atoms with Gasteiger partial charge in [0, 0.05) is 18.1 Å². The third-order valence-electron chi connectivity index (χ3n) is 6.35. The zero-order valence-electron chi connectivity index (χ0n) is 20.5. The van der Waals surface area contributed by atoms with Crippen LogP contribution in [0.15, 0.2) is 89.8 Å². The fourth-order valence-corrected chi connectivity index (χ4v) is 4.30. The second-order valence-electron chi connectivity index (χ2n) is 8.70. The molecule has 186 valence electrons.